The van der Waals surface area contributed by atoms with Gasteiger partial charge in [-0.1, -0.05) is 67.4 Å². The van der Waals surface area contributed by atoms with Gasteiger partial charge in [0.15, 0.2) is 6.23 Å². The quantitative estimate of drug-likeness (QED) is 0.103. The van der Waals surface area contributed by atoms with Crippen LogP contribution in [-0.2, 0) is 24.5 Å². The minimum absolute atomic E-state index is 0.155. The average Bonchev–Trinajstić information content (AvgIpc) is 3.43. The Morgan fingerprint density at radius 2 is 1.46 bits per heavy atom. The minimum Gasteiger partial charge on any atom is -0.497 e. The van der Waals surface area contributed by atoms with Gasteiger partial charge in [0.1, 0.15) is 29.8 Å². The summed E-state index contributed by atoms with van der Waals surface area (Å²) in [5.74, 6) is 3.72. The van der Waals surface area contributed by atoms with Gasteiger partial charge < -0.3 is 28.4 Å². The molecule has 1 aromatic heterocycles. The summed E-state index contributed by atoms with van der Waals surface area (Å²) in [5.41, 5.74) is 0.576. The van der Waals surface area contributed by atoms with Crippen molar-refractivity contribution in [1.29, 1.82) is 0 Å². The van der Waals surface area contributed by atoms with E-state index < -0.39 is 35.3 Å². The molecule has 3 aromatic carbocycles. The van der Waals surface area contributed by atoms with Gasteiger partial charge in [-0.3, -0.25) is 14.3 Å². The Labute approximate surface area is 280 Å². The summed E-state index contributed by atoms with van der Waals surface area (Å²) in [4.78, 5) is 27.1. The summed E-state index contributed by atoms with van der Waals surface area (Å²) >= 11 is 0. The van der Waals surface area contributed by atoms with Gasteiger partial charge in [0, 0.05) is 31.4 Å². The molecular formula is C38H42N2O8. The number of nitrogens with zero attached hydrogens (tertiary/aromatic N) is 1. The zero-order valence-corrected chi connectivity index (χ0v) is 27.5. The van der Waals surface area contributed by atoms with Gasteiger partial charge in [0.25, 0.3) is 5.56 Å². The standard InChI is InChI=1S/C38H42N2O8/c1-5-23-45-24-9-10-25-46-35-27(2)33(48-36(35)40-22-21-34(41)39-37(40)42)26-47-38(28-11-7-6-8-12-28,29-13-17-31(43-3)18-14-29)30-15-19-32(44-4)20-16-30/h1,6-8,11-22,27,33,35-36H,9-10,23-26H2,2-4H3,(H,39,41,42). The fourth-order valence-electron chi connectivity index (χ4n) is 6.07. The number of aromatic amines is 1. The maximum atomic E-state index is 12.9. The van der Waals surface area contributed by atoms with Crippen LogP contribution in [-0.4, -0.2) is 62.4 Å². The normalized spacial score (nSPS) is 19.1. The Morgan fingerprint density at radius 3 is 2.04 bits per heavy atom. The SMILES string of the molecule is C#CCOCCCCOC1C(C)C(COC(c2ccccc2)(c2ccc(OC)cc2)c2ccc(OC)cc2)OC1n1ccc(=O)[nH]c1=O. The fourth-order valence-corrected chi connectivity index (χ4v) is 6.07. The van der Waals surface area contributed by atoms with Gasteiger partial charge in [-0.05, 0) is 53.8 Å². The van der Waals surface area contributed by atoms with Crippen LogP contribution < -0.4 is 20.7 Å². The van der Waals surface area contributed by atoms with Crippen LogP contribution in [0.4, 0.5) is 0 Å². The molecule has 4 aromatic rings. The van der Waals surface area contributed by atoms with Crippen LogP contribution in [0.2, 0.25) is 0 Å². The van der Waals surface area contributed by atoms with Crippen molar-refractivity contribution in [2.45, 2.75) is 43.8 Å². The van der Waals surface area contributed by atoms with Gasteiger partial charge in [-0.2, -0.15) is 0 Å². The van der Waals surface area contributed by atoms with E-state index in [0.29, 0.717) is 13.2 Å². The summed E-state index contributed by atoms with van der Waals surface area (Å²) in [6.07, 6.45) is 6.44. The third kappa shape index (κ3) is 7.72. The third-order valence-electron chi connectivity index (χ3n) is 8.64. The first-order chi connectivity index (χ1) is 23.4. The number of terminal acetylenes is 1. The van der Waals surface area contributed by atoms with Crippen molar-refractivity contribution in [3.8, 4) is 23.8 Å². The number of hydrogen-bond acceptors (Lipinski definition) is 8. The molecule has 4 atom stereocenters. The highest BCUT2D eigenvalue weighted by molar-refractivity contribution is 5.49. The summed E-state index contributed by atoms with van der Waals surface area (Å²) in [7, 11) is 3.27. The number of unbranched alkanes of at least 4 members (excludes halogenated alkanes) is 1. The molecule has 48 heavy (non-hydrogen) atoms. The number of nitrogens with one attached hydrogen (secondary N) is 1. The van der Waals surface area contributed by atoms with E-state index in [4.69, 9.17) is 34.8 Å². The van der Waals surface area contributed by atoms with Crippen LogP contribution in [0.1, 0.15) is 42.7 Å². The van der Waals surface area contributed by atoms with Crippen molar-refractivity contribution in [3.63, 3.8) is 0 Å². The number of hydrogen-bond donors (Lipinski definition) is 1. The second-order valence-corrected chi connectivity index (χ2v) is 11.6. The number of methoxy groups -OCH3 is 2. The lowest BCUT2D eigenvalue weighted by atomic mass is 9.80. The maximum absolute atomic E-state index is 12.9. The lowest BCUT2D eigenvalue weighted by molar-refractivity contribution is -0.0964. The number of ether oxygens (including phenoxy) is 6. The molecule has 1 N–H and O–H groups in total. The van der Waals surface area contributed by atoms with Crippen molar-refractivity contribution < 1.29 is 28.4 Å². The zero-order chi connectivity index (χ0) is 33.9. The molecule has 5 rings (SSSR count). The lowest BCUT2D eigenvalue weighted by Crippen LogP contribution is -2.37. The maximum Gasteiger partial charge on any atom is 0.330 e. The molecular weight excluding hydrogens is 612 g/mol. The summed E-state index contributed by atoms with van der Waals surface area (Å²) < 4.78 is 37.8. The average molecular weight is 655 g/mol. The van der Waals surface area contributed by atoms with Crippen LogP contribution in [0.3, 0.4) is 0 Å². The van der Waals surface area contributed by atoms with Crippen LogP contribution in [0, 0.1) is 18.3 Å². The molecule has 0 saturated carbocycles. The molecule has 2 heterocycles. The van der Waals surface area contributed by atoms with Gasteiger partial charge in [-0.25, -0.2) is 4.79 Å². The van der Waals surface area contributed by atoms with Crippen molar-refractivity contribution >= 4 is 0 Å². The Morgan fingerprint density at radius 1 is 0.854 bits per heavy atom. The van der Waals surface area contributed by atoms with E-state index in [2.05, 4.69) is 10.9 Å². The summed E-state index contributed by atoms with van der Waals surface area (Å²) in [6, 6.07) is 26.9. The molecule has 1 aliphatic heterocycles. The minimum atomic E-state index is -1.05. The van der Waals surface area contributed by atoms with Crippen molar-refractivity contribution in [1.82, 2.24) is 9.55 Å². The highest BCUT2D eigenvalue weighted by Crippen LogP contribution is 2.43. The molecule has 10 heteroatoms. The van der Waals surface area contributed by atoms with Crippen LogP contribution >= 0.6 is 0 Å². The smallest absolute Gasteiger partial charge is 0.330 e. The first kappa shape index (κ1) is 34.7. The largest absolute Gasteiger partial charge is 0.497 e. The summed E-state index contributed by atoms with van der Waals surface area (Å²) in [5, 5.41) is 0. The second-order valence-electron chi connectivity index (χ2n) is 11.6. The third-order valence-corrected chi connectivity index (χ3v) is 8.64. The van der Waals surface area contributed by atoms with E-state index >= 15 is 0 Å². The Bertz CT molecular complexity index is 1700. The van der Waals surface area contributed by atoms with Gasteiger partial charge >= 0.3 is 5.69 Å². The van der Waals surface area contributed by atoms with E-state index in [9.17, 15) is 9.59 Å². The zero-order valence-electron chi connectivity index (χ0n) is 27.5. The van der Waals surface area contributed by atoms with E-state index in [1.54, 1.807) is 14.2 Å². The number of H-pyrrole nitrogens is 1. The number of rotatable bonds is 16. The Hall–Kier alpha value is -4.66. The topological polar surface area (TPSA) is 110 Å². The van der Waals surface area contributed by atoms with E-state index in [0.717, 1.165) is 41.0 Å². The molecule has 1 aliphatic rings. The molecule has 1 saturated heterocycles. The van der Waals surface area contributed by atoms with Gasteiger partial charge in [0.05, 0.1) is 26.9 Å². The predicted molar refractivity (Wildman–Crippen MR) is 181 cm³/mol. The molecule has 252 valence electrons. The Kier molecular flexibility index (Phi) is 11.9. The number of aromatic nitrogens is 2. The van der Waals surface area contributed by atoms with Gasteiger partial charge in [0.2, 0.25) is 0 Å². The molecule has 0 spiro atoms. The van der Waals surface area contributed by atoms with Crippen LogP contribution in [0.25, 0.3) is 0 Å². The fraction of sp³-hybridized carbons (Fsp3) is 0.368. The number of benzene rings is 3. The first-order valence-corrected chi connectivity index (χ1v) is 16.0. The van der Waals surface area contributed by atoms with Crippen LogP contribution in [0.15, 0.2) is 101 Å². The molecule has 0 aliphatic carbocycles. The van der Waals surface area contributed by atoms with Crippen LogP contribution in [0.5, 0.6) is 11.5 Å². The van der Waals surface area contributed by atoms with Crippen molar-refractivity contribution in [2.24, 2.45) is 5.92 Å². The second kappa shape index (κ2) is 16.4. The van der Waals surface area contributed by atoms with E-state index in [1.165, 1.54) is 16.8 Å². The predicted octanol–water partition coefficient (Wildman–Crippen LogP) is 4.91. The molecule has 1 fully saturated rings. The first-order valence-electron chi connectivity index (χ1n) is 16.0. The highest BCUT2D eigenvalue weighted by Gasteiger charge is 2.46. The lowest BCUT2D eigenvalue weighted by Gasteiger charge is -2.37. The molecule has 0 radical (unpaired) electrons. The molecule has 0 bridgehead atoms. The molecule has 0 amide bonds. The summed E-state index contributed by atoms with van der Waals surface area (Å²) in [6.45, 7) is 3.40. The molecule has 10 nitrogen and oxygen atoms in total. The van der Waals surface area contributed by atoms with Crippen molar-refractivity contribution in [3.05, 3.63) is 129 Å². The highest BCUT2D eigenvalue weighted by atomic mass is 16.6. The Balaban J connectivity index is 1.48. The van der Waals surface area contributed by atoms with Crippen molar-refractivity contribution in [2.75, 3.05) is 40.6 Å². The molecule has 4 unspecified atom stereocenters. The van der Waals surface area contributed by atoms with Gasteiger partial charge in [-0.15, -0.1) is 6.42 Å². The monoisotopic (exact) mass is 654 g/mol. The van der Waals surface area contributed by atoms with E-state index in [-0.39, 0.29) is 19.1 Å². The van der Waals surface area contributed by atoms with E-state index in [1.807, 2.05) is 85.8 Å².